The minimum atomic E-state index is -0.398. The normalized spacial score (nSPS) is 10.7. The van der Waals surface area contributed by atoms with Crippen molar-refractivity contribution < 1.29 is 9.53 Å². The number of nitrogens with one attached hydrogen (secondary N) is 2. The Bertz CT molecular complexity index is 639. The van der Waals surface area contributed by atoms with Crippen molar-refractivity contribution in [3.8, 4) is 5.75 Å². The average Bonchev–Trinajstić information content (AvgIpc) is 2.49. The van der Waals surface area contributed by atoms with Crippen LogP contribution in [0.15, 0.2) is 59.7 Å². The van der Waals surface area contributed by atoms with Gasteiger partial charge in [0.2, 0.25) is 0 Å². The molecule has 0 heterocycles. The second kappa shape index (κ2) is 7.83. The molecule has 0 spiro atoms. The number of para-hydroxylation sites is 2. The van der Waals surface area contributed by atoms with Crippen molar-refractivity contribution in [3.63, 3.8) is 0 Å². The van der Waals surface area contributed by atoms with Crippen LogP contribution in [0.2, 0.25) is 0 Å². The predicted octanol–water partition coefficient (Wildman–Crippen LogP) is 3.63. The summed E-state index contributed by atoms with van der Waals surface area (Å²) in [6.45, 7) is 3.92. The average molecular weight is 297 g/mol. The van der Waals surface area contributed by atoms with Crippen LogP contribution >= 0.6 is 0 Å². The van der Waals surface area contributed by atoms with E-state index < -0.39 is 6.03 Å². The Kier molecular flexibility index (Phi) is 5.54. The fraction of sp³-hybridized carbons (Fsp3) is 0.176. The Hall–Kier alpha value is -2.82. The molecule has 0 aliphatic carbocycles. The lowest BCUT2D eigenvalue weighted by molar-refractivity contribution is 0.242. The Morgan fingerprint density at radius 3 is 2.50 bits per heavy atom. The van der Waals surface area contributed by atoms with Crippen molar-refractivity contribution in [1.29, 1.82) is 0 Å². The molecular formula is C17H19N3O2. The number of nitrogens with zero attached hydrogens (tertiary/aromatic N) is 1. The number of rotatable bonds is 5. The molecule has 5 nitrogen and oxygen atoms in total. The first-order valence-electron chi connectivity index (χ1n) is 7.06. The lowest BCUT2D eigenvalue weighted by Crippen LogP contribution is -2.24. The van der Waals surface area contributed by atoms with Crippen molar-refractivity contribution >= 4 is 17.9 Å². The predicted molar refractivity (Wildman–Crippen MR) is 88.4 cm³/mol. The van der Waals surface area contributed by atoms with Gasteiger partial charge in [0.05, 0.1) is 12.3 Å². The minimum absolute atomic E-state index is 0.0730. The summed E-state index contributed by atoms with van der Waals surface area (Å²) in [5.41, 5.74) is 3.93. The molecule has 0 aliphatic rings. The van der Waals surface area contributed by atoms with Crippen LogP contribution in [0.25, 0.3) is 0 Å². The maximum Gasteiger partial charge on any atom is 0.339 e. The molecule has 0 unspecified atom stereocenters. The molecule has 2 aromatic carbocycles. The van der Waals surface area contributed by atoms with Gasteiger partial charge in [0, 0.05) is 11.3 Å². The molecule has 0 aliphatic heterocycles. The van der Waals surface area contributed by atoms with Crippen LogP contribution in [-0.4, -0.2) is 18.3 Å². The van der Waals surface area contributed by atoms with Gasteiger partial charge in [0.25, 0.3) is 0 Å². The van der Waals surface area contributed by atoms with Gasteiger partial charge in [-0.05, 0) is 38.1 Å². The largest absolute Gasteiger partial charge is 0.490 e. The summed E-state index contributed by atoms with van der Waals surface area (Å²) in [5, 5.41) is 6.62. The quantitative estimate of drug-likeness (QED) is 0.654. The molecule has 2 rings (SSSR count). The zero-order chi connectivity index (χ0) is 15.8. The molecule has 2 aromatic rings. The van der Waals surface area contributed by atoms with E-state index in [1.165, 1.54) is 0 Å². The molecule has 114 valence electrons. The first kappa shape index (κ1) is 15.6. The van der Waals surface area contributed by atoms with Gasteiger partial charge in [0.15, 0.2) is 0 Å². The molecule has 0 aromatic heterocycles. The highest BCUT2D eigenvalue weighted by Gasteiger charge is 2.03. The Morgan fingerprint density at radius 2 is 1.77 bits per heavy atom. The number of hydrogen-bond donors (Lipinski definition) is 2. The molecule has 0 atom stereocenters. The topological polar surface area (TPSA) is 62.7 Å². The van der Waals surface area contributed by atoms with E-state index in [9.17, 15) is 4.79 Å². The van der Waals surface area contributed by atoms with E-state index in [1.807, 2.05) is 56.3 Å². The zero-order valence-electron chi connectivity index (χ0n) is 12.6. The third-order valence-electron chi connectivity index (χ3n) is 2.68. The van der Waals surface area contributed by atoms with Gasteiger partial charge >= 0.3 is 6.03 Å². The number of hydrazone groups is 1. The number of amides is 2. The third-order valence-corrected chi connectivity index (χ3v) is 2.68. The van der Waals surface area contributed by atoms with Crippen LogP contribution in [0.1, 0.15) is 19.4 Å². The molecule has 2 N–H and O–H groups in total. The van der Waals surface area contributed by atoms with Crippen LogP contribution < -0.4 is 15.5 Å². The number of carbonyl (C=O) groups excluding carboxylic acids is 1. The van der Waals surface area contributed by atoms with Gasteiger partial charge in [0.1, 0.15) is 5.75 Å². The van der Waals surface area contributed by atoms with E-state index >= 15 is 0 Å². The first-order chi connectivity index (χ1) is 10.6. The van der Waals surface area contributed by atoms with Crippen molar-refractivity contribution in [1.82, 2.24) is 5.43 Å². The van der Waals surface area contributed by atoms with Crippen LogP contribution in [0, 0.1) is 0 Å². The lowest BCUT2D eigenvalue weighted by atomic mass is 10.2. The summed E-state index contributed by atoms with van der Waals surface area (Å²) >= 11 is 0. The highest BCUT2D eigenvalue weighted by molar-refractivity contribution is 5.90. The van der Waals surface area contributed by atoms with Gasteiger partial charge in [-0.1, -0.05) is 30.3 Å². The monoisotopic (exact) mass is 297 g/mol. The van der Waals surface area contributed by atoms with Crippen LogP contribution in [0.5, 0.6) is 5.75 Å². The molecule has 0 saturated heterocycles. The summed E-state index contributed by atoms with van der Waals surface area (Å²) in [6.07, 6.45) is 1.63. The Morgan fingerprint density at radius 1 is 1.09 bits per heavy atom. The van der Waals surface area contributed by atoms with E-state index in [4.69, 9.17) is 4.74 Å². The van der Waals surface area contributed by atoms with Gasteiger partial charge in [-0.2, -0.15) is 5.10 Å². The number of ether oxygens (including phenoxy) is 1. The first-order valence-corrected chi connectivity index (χ1v) is 7.06. The van der Waals surface area contributed by atoms with Crippen LogP contribution in [0.3, 0.4) is 0 Å². The van der Waals surface area contributed by atoms with Crippen molar-refractivity contribution in [3.05, 3.63) is 60.2 Å². The molecule has 5 heteroatoms. The molecule has 2 amide bonds. The summed E-state index contributed by atoms with van der Waals surface area (Å²) < 4.78 is 5.68. The Labute approximate surface area is 130 Å². The number of hydrogen-bond acceptors (Lipinski definition) is 3. The van der Waals surface area contributed by atoms with Crippen molar-refractivity contribution in [2.24, 2.45) is 5.10 Å². The Balaban J connectivity index is 1.93. The van der Waals surface area contributed by atoms with Gasteiger partial charge in [-0.15, -0.1) is 0 Å². The summed E-state index contributed by atoms with van der Waals surface area (Å²) in [5.74, 6) is 0.728. The second-order valence-corrected chi connectivity index (χ2v) is 4.89. The molecular weight excluding hydrogens is 278 g/mol. The summed E-state index contributed by atoms with van der Waals surface area (Å²) in [7, 11) is 0. The maximum atomic E-state index is 11.7. The second-order valence-electron chi connectivity index (χ2n) is 4.89. The summed E-state index contributed by atoms with van der Waals surface area (Å²) in [4.78, 5) is 11.7. The van der Waals surface area contributed by atoms with E-state index in [0.717, 1.165) is 11.3 Å². The van der Waals surface area contributed by atoms with Gasteiger partial charge < -0.3 is 10.1 Å². The lowest BCUT2D eigenvalue weighted by Gasteiger charge is -2.11. The van der Waals surface area contributed by atoms with Gasteiger partial charge in [-0.25, -0.2) is 10.2 Å². The maximum absolute atomic E-state index is 11.7. The number of urea groups is 1. The van der Waals surface area contributed by atoms with E-state index in [0.29, 0.717) is 5.69 Å². The van der Waals surface area contributed by atoms with Gasteiger partial charge in [-0.3, -0.25) is 0 Å². The fourth-order valence-corrected chi connectivity index (χ4v) is 1.79. The SMILES string of the molecule is CC(C)Oc1ccccc1/C=N\NC(=O)Nc1ccccc1. The van der Waals surface area contributed by atoms with Crippen molar-refractivity contribution in [2.45, 2.75) is 20.0 Å². The third kappa shape index (κ3) is 4.94. The number of carbonyl (C=O) groups is 1. The standard InChI is InChI=1S/C17H19N3O2/c1-13(2)22-16-11-7-6-8-14(16)12-18-20-17(21)19-15-9-4-3-5-10-15/h3-13H,1-2H3,(H2,19,20,21)/b18-12-. The molecule has 0 fully saturated rings. The molecule has 0 radical (unpaired) electrons. The number of benzene rings is 2. The fourth-order valence-electron chi connectivity index (χ4n) is 1.79. The van der Waals surface area contributed by atoms with Crippen molar-refractivity contribution in [2.75, 3.05) is 5.32 Å². The minimum Gasteiger partial charge on any atom is -0.490 e. The molecule has 0 bridgehead atoms. The molecule has 0 saturated carbocycles. The van der Waals surface area contributed by atoms with Crippen LogP contribution in [-0.2, 0) is 0 Å². The smallest absolute Gasteiger partial charge is 0.339 e. The van der Waals surface area contributed by atoms with E-state index in [2.05, 4.69) is 15.8 Å². The summed E-state index contributed by atoms with van der Waals surface area (Å²) in [6, 6.07) is 16.3. The number of anilines is 1. The highest BCUT2D eigenvalue weighted by Crippen LogP contribution is 2.17. The van der Waals surface area contributed by atoms with E-state index in [1.54, 1.807) is 18.3 Å². The van der Waals surface area contributed by atoms with Crippen LogP contribution in [0.4, 0.5) is 10.5 Å². The zero-order valence-corrected chi connectivity index (χ0v) is 12.6. The highest BCUT2D eigenvalue weighted by atomic mass is 16.5. The molecule has 22 heavy (non-hydrogen) atoms. The van der Waals surface area contributed by atoms with E-state index in [-0.39, 0.29) is 6.10 Å².